The second kappa shape index (κ2) is 9.52. The molecule has 0 atom stereocenters. The predicted octanol–water partition coefficient (Wildman–Crippen LogP) is 6.57. The van der Waals surface area contributed by atoms with Crippen molar-refractivity contribution in [2.45, 2.75) is 53.4 Å². The van der Waals surface area contributed by atoms with E-state index in [4.69, 9.17) is 28.2 Å². The maximum absolute atomic E-state index is 13.3. The summed E-state index contributed by atoms with van der Waals surface area (Å²) in [6.45, 7) is 9.54. The zero-order valence-corrected chi connectivity index (χ0v) is 21.3. The molecular formula is C27H31Cl2N3O. The van der Waals surface area contributed by atoms with Gasteiger partial charge in [0.2, 0.25) is 0 Å². The fourth-order valence-corrected chi connectivity index (χ4v) is 5.65. The first-order valence-electron chi connectivity index (χ1n) is 11.7. The summed E-state index contributed by atoms with van der Waals surface area (Å²) in [6, 6.07) is 14.1. The minimum Gasteiger partial charge on any atom is -0.356 e. The van der Waals surface area contributed by atoms with E-state index in [0.717, 1.165) is 44.6 Å². The van der Waals surface area contributed by atoms with Gasteiger partial charge in [0.05, 0.1) is 21.3 Å². The first-order valence-corrected chi connectivity index (χ1v) is 12.5. The van der Waals surface area contributed by atoms with E-state index in [2.05, 4.69) is 29.2 Å². The molecule has 1 fully saturated rings. The Bertz CT molecular complexity index is 1200. The third kappa shape index (κ3) is 4.31. The van der Waals surface area contributed by atoms with Crippen LogP contribution in [0, 0.1) is 19.3 Å². The molecule has 1 aliphatic carbocycles. The molecule has 0 radical (unpaired) electrons. The number of anilines is 1. The van der Waals surface area contributed by atoms with Crippen LogP contribution in [0.1, 0.15) is 49.2 Å². The fourth-order valence-electron chi connectivity index (χ4n) is 5.27. The van der Waals surface area contributed by atoms with Crippen LogP contribution >= 0.6 is 23.2 Å². The molecule has 4 nitrogen and oxygen atoms in total. The number of aryl methyl sites for hydroxylation is 1. The van der Waals surface area contributed by atoms with Crippen molar-refractivity contribution in [1.29, 1.82) is 0 Å². The largest absolute Gasteiger partial charge is 0.356 e. The van der Waals surface area contributed by atoms with E-state index >= 15 is 0 Å². The van der Waals surface area contributed by atoms with E-state index in [-0.39, 0.29) is 5.56 Å². The summed E-state index contributed by atoms with van der Waals surface area (Å²) in [5.41, 5.74) is 4.48. The van der Waals surface area contributed by atoms with Gasteiger partial charge < -0.3 is 4.90 Å². The number of rotatable bonds is 2. The van der Waals surface area contributed by atoms with E-state index in [1.165, 1.54) is 11.1 Å². The second-order valence-corrected chi connectivity index (χ2v) is 9.72. The van der Waals surface area contributed by atoms with E-state index < -0.39 is 0 Å². The summed E-state index contributed by atoms with van der Waals surface area (Å²) in [5.74, 6) is 1.41. The van der Waals surface area contributed by atoms with Crippen LogP contribution in [0.3, 0.4) is 0 Å². The van der Waals surface area contributed by atoms with Crippen molar-refractivity contribution in [3.05, 3.63) is 85.4 Å². The Hall–Kier alpha value is -2.30. The van der Waals surface area contributed by atoms with Gasteiger partial charge in [-0.15, -0.1) is 0 Å². The highest BCUT2D eigenvalue weighted by Gasteiger charge is 2.40. The lowest BCUT2D eigenvalue weighted by atomic mass is 9.76. The number of nitrogens with zero attached hydrogens (tertiary/aromatic N) is 3. The smallest absolute Gasteiger partial charge is 0.263 e. The number of piperidine rings is 1. The topological polar surface area (TPSA) is 38.1 Å². The van der Waals surface area contributed by atoms with E-state index in [1.54, 1.807) is 22.8 Å². The molecule has 1 aromatic heterocycles. The molecule has 3 aromatic rings. The van der Waals surface area contributed by atoms with Crippen molar-refractivity contribution in [3.8, 4) is 5.69 Å². The summed E-state index contributed by atoms with van der Waals surface area (Å²) in [5, 5.41) is 0.787. The van der Waals surface area contributed by atoms with Crippen molar-refractivity contribution in [2.24, 2.45) is 5.41 Å². The number of aromatic nitrogens is 2. The van der Waals surface area contributed by atoms with Crippen molar-refractivity contribution in [3.63, 3.8) is 0 Å². The molecule has 1 spiro atoms. The molecule has 0 bridgehead atoms. The van der Waals surface area contributed by atoms with Gasteiger partial charge in [0.15, 0.2) is 0 Å². The van der Waals surface area contributed by atoms with Crippen molar-refractivity contribution < 1.29 is 0 Å². The van der Waals surface area contributed by atoms with Gasteiger partial charge in [-0.3, -0.25) is 9.36 Å². The molecule has 5 rings (SSSR count). The minimum atomic E-state index is -0.0970. The van der Waals surface area contributed by atoms with E-state index in [1.807, 2.05) is 27.7 Å². The number of halogens is 2. The number of hydrogen-bond acceptors (Lipinski definition) is 3. The van der Waals surface area contributed by atoms with Gasteiger partial charge in [0.1, 0.15) is 11.6 Å². The summed E-state index contributed by atoms with van der Waals surface area (Å²) < 4.78 is 1.56. The molecule has 0 amide bonds. The maximum Gasteiger partial charge on any atom is 0.263 e. The number of fused-ring (bicyclic) bond motifs is 1. The fraction of sp³-hybridized carbons (Fsp3) is 0.407. The summed E-state index contributed by atoms with van der Waals surface area (Å²) in [4.78, 5) is 20.4. The Morgan fingerprint density at radius 3 is 2.12 bits per heavy atom. The van der Waals surface area contributed by atoms with Gasteiger partial charge in [0, 0.05) is 13.1 Å². The van der Waals surface area contributed by atoms with Gasteiger partial charge in [-0.05, 0) is 68.2 Å². The van der Waals surface area contributed by atoms with Crippen LogP contribution < -0.4 is 10.5 Å². The van der Waals surface area contributed by atoms with Crippen LogP contribution in [0.25, 0.3) is 5.69 Å². The second-order valence-electron chi connectivity index (χ2n) is 8.93. The van der Waals surface area contributed by atoms with Crippen molar-refractivity contribution in [1.82, 2.24) is 9.55 Å². The Kier molecular flexibility index (Phi) is 6.88. The van der Waals surface area contributed by atoms with Crippen LogP contribution in [0.5, 0.6) is 0 Å². The quantitative estimate of drug-likeness (QED) is 0.413. The third-order valence-electron chi connectivity index (χ3n) is 7.00. The Morgan fingerprint density at radius 2 is 1.52 bits per heavy atom. The predicted molar refractivity (Wildman–Crippen MR) is 138 cm³/mol. The lowest BCUT2D eigenvalue weighted by Gasteiger charge is -2.40. The zero-order chi connectivity index (χ0) is 23.8. The van der Waals surface area contributed by atoms with Crippen LogP contribution in [-0.4, -0.2) is 22.6 Å². The molecule has 2 aliphatic rings. The summed E-state index contributed by atoms with van der Waals surface area (Å²) in [6.07, 6.45) is 4.56. The van der Waals surface area contributed by atoms with Gasteiger partial charge in [-0.25, -0.2) is 4.98 Å². The normalized spacial score (nSPS) is 16.4. The molecule has 0 unspecified atom stereocenters. The molecular weight excluding hydrogens is 453 g/mol. The highest BCUT2D eigenvalue weighted by atomic mass is 35.5. The lowest BCUT2D eigenvalue weighted by Crippen LogP contribution is -2.42. The van der Waals surface area contributed by atoms with Crippen LogP contribution in [0.4, 0.5) is 5.82 Å². The van der Waals surface area contributed by atoms with Crippen molar-refractivity contribution in [2.75, 3.05) is 18.0 Å². The van der Waals surface area contributed by atoms with Gasteiger partial charge >= 0.3 is 0 Å². The first kappa shape index (κ1) is 23.8. The molecule has 0 saturated carbocycles. The monoisotopic (exact) mass is 483 g/mol. The molecule has 33 heavy (non-hydrogen) atoms. The maximum atomic E-state index is 13.3. The molecule has 2 aromatic carbocycles. The molecule has 1 aliphatic heterocycles. The highest BCUT2D eigenvalue weighted by Crippen LogP contribution is 2.45. The highest BCUT2D eigenvalue weighted by molar-refractivity contribution is 6.43. The van der Waals surface area contributed by atoms with Gasteiger partial charge in [0.25, 0.3) is 5.56 Å². The standard InChI is InChI=1S/C25H25Cl2N3O.C2H6/c1-16-23(28-17(2)30(24(16)31)21-9-5-8-20(26)22(21)27)29-12-10-25(11-13-29)14-18-6-3-4-7-19(18)15-25;1-2/h3-9H,10-15H2,1-2H3;1-2H3. The van der Waals surface area contributed by atoms with Crippen molar-refractivity contribution >= 4 is 29.0 Å². The SMILES string of the molecule is CC.Cc1c(N2CCC3(CC2)Cc2ccccc2C3)nc(C)n(-c2cccc(Cl)c2Cl)c1=O. The Balaban J connectivity index is 0.00000126. The van der Waals surface area contributed by atoms with Crippen LogP contribution in [0.15, 0.2) is 47.3 Å². The molecule has 2 heterocycles. The molecule has 1 saturated heterocycles. The molecule has 174 valence electrons. The average molecular weight is 484 g/mol. The lowest BCUT2D eigenvalue weighted by molar-refractivity contribution is 0.232. The zero-order valence-electron chi connectivity index (χ0n) is 19.8. The molecule has 0 N–H and O–H groups in total. The molecule has 6 heteroatoms. The number of benzene rings is 2. The third-order valence-corrected chi connectivity index (χ3v) is 7.80. The Labute approximate surface area is 206 Å². The van der Waals surface area contributed by atoms with Crippen LogP contribution in [0.2, 0.25) is 10.0 Å². The Morgan fingerprint density at radius 1 is 0.909 bits per heavy atom. The summed E-state index contributed by atoms with van der Waals surface area (Å²) in [7, 11) is 0. The van der Waals surface area contributed by atoms with Crippen LogP contribution in [-0.2, 0) is 12.8 Å². The summed E-state index contributed by atoms with van der Waals surface area (Å²) >= 11 is 12.6. The van der Waals surface area contributed by atoms with E-state index in [0.29, 0.717) is 32.5 Å². The minimum absolute atomic E-state index is 0.0970. The average Bonchev–Trinajstić information content (AvgIpc) is 3.18. The van der Waals surface area contributed by atoms with E-state index in [9.17, 15) is 4.79 Å². The number of hydrogen-bond donors (Lipinski definition) is 0. The van der Waals surface area contributed by atoms with Gasteiger partial charge in [-0.1, -0.05) is 67.4 Å². The first-order chi connectivity index (χ1) is 15.9. The van der Waals surface area contributed by atoms with Gasteiger partial charge in [-0.2, -0.15) is 0 Å².